The Balaban J connectivity index is 2.06. The Hall–Kier alpha value is -2.06. The molecule has 0 saturated carbocycles. The van der Waals surface area contributed by atoms with Gasteiger partial charge in [-0.2, -0.15) is 0 Å². The third-order valence-corrected chi connectivity index (χ3v) is 3.19. The first-order valence-corrected chi connectivity index (χ1v) is 6.40. The zero-order valence-electron chi connectivity index (χ0n) is 10.4. The minimum absolute atomic E-state index is 0.382. The molecule has 0 saturated heterocycles. The van der Waals surface area contributed by atoms with Gasteiger partial charge in [0.05, 0.1) is 0 Å². The van der Waals surface area contributed by atoms with Crippen LogP contribution >= 0.6 is 11.6 Å². The number of hydrogen-bond donors (Lipinski definition) is 0. The van der Waals surface area contributed by atoms with E-state index < -0.39 is 0 Å². The lowest BCUT2D eigenvalue weighted by Crippen LogP contribution is -1.90. The molecule has 0 aliphatic heterocycles. The molecule has 2 aromatic carbocycles. The molecule has 0 radical (unpaired) electrons. The van der Waals surface area contributed by atoms with Crippen molar-refractivity contribution >= 4 is 22.4 Å². The molecular formula is C16H12ClNO. The first kappa shape index (κ1) is 12.0. The Morgan fingerprint density at radius 2 is 1.68 bits per heavy atom. The van der Waals surface area contributed by atoms with E-state index in [0.29, 0.717) is 10.9 Å². The van der Waals surface area contributed by atoms with Gasteiger partial charge < -0.3 is 4.74 Å². The van der Waals surface area contributed by atoms with Crippen LogP contribution in [-0.4, -0.2) is 4.98 Å². The Bertz CT molecular complexity index is 734. The molecule has 0 amide bonds. The topological polar surface area (TPSA) is 22.1 Å². The van der Waals surface area contributed by atoms with E-state index in [1.54, 1.807) is 0 Å². The lowest BCUT2D eigenvalue weighted by Gasteiger charge is -2.10. The van der Waals surface area contributed by atoms with Crippen LogP contribution in [-0.2, 0) is 0 Å². The summed E-state index contributed by atoms with van der Waals surface area (Å²) in [6.45, 7) is 1.90. The summed E-state index contributed by atoms with van der Waals surface area (Å²) < 4.78 is 5.88. The van der Waals surface area contributed by atoms with Crippen molar-refractivity contribution in [2.24, 2.45) is 0 Å². The molecule has 0 spiro atoms. The Kier molecular flexibility index (Phi) is 3.10. The van der Waals surface area contributed by atoms with Gasteiger partial charge in [0.15, 0.2) is 10.9 Å². The second-order valence-electron chi connectivity index (χ2n) is 4.32. The number of hydrogen-bond acceptors (Lipinski definition) is 2. The van der Waals surface area contributed by atoms with E-state index in [-0.39, 0.29) is 0 Å². The summed E-state index contributed by atoms with van der Waals surface area (Å²) in [5, 5.41) is 2.57. The van der Waals surface area contributed by atoms with Gasteiger partial charge in [0.2, 0.25) is 0 Å². The molecule has 0 atom stereocenters. The van der Waals surface area contributed by atoms with Gasteiger partial charge in [-0.25, -0.2) is 4.98 Å². The maximum Gasteiger partial charge on any atom is 0.171 e. The number of pyridine rings is 1. The van der Waals surface area contributed by atoms with Crippen molar-refractivity contribution < 1.29 is 4.74 Å². The van der Waals surface area contributed by atoms with Crippen LogP contribution < -0.4 is 4.74 Å². The number of ether oxygens (including phenoxy) is 1. The number of benzene rings is 2. The van der Waals surface area contributed by atoms with E-state index in [1.807, 2.05) is 49.4 Å². The number of rotatable bonds is 2. The summed E-state index contributed by atoms with van der Waals surface area (Å²) >= 11 is 6.09. The minimum Gasteiger partial charge on any atom is -0.453 e. The van der Waals surface area contributed by atoms with Crippen LogP contribution in [0.4, 0.5) is 0 Å². The van der Waals surface area contributed by atoms with Gasteiger partial charge in [-0.3, -0.25) is 0 Å². The van der Waals surface area contributed by atoms with E-state index in [4.69, 9.17) is 16.3 Å². The third kappa shape index (κ3) is 2.40. The molecular weight excluding hydrogens is 258 g/mol. The average molecular weight is 270 g/mol. The predicted molar refractivity (Wildman–Crippen MR) is 78.0 cm³/mol. The van der Waals surface area contributed by atoms with Gasteiger partial charge in [-0.15, -0.1) is 0 Å². The molecule has 0 fully saturated rings. The largest absolute Gasteiger partial charge is 0.453 e. The normalized spacial score (nSPS) is 10.6. The zero-order valence-corrected chi connectivity index (χ0v) is 11.2. The van der Waals surface area contributed by atoms with Crippen molar-refractivity contribution in [1.29, 1.82) is 0 Å². The number of fused-ring (bicyclic) bond motifs is 1. The number of aromatic nitrogens is 1. The quantitative estimate of drug-likeness (QED) is 0.612. The van der Waals surface area contributed by atoms with Crippen LogP contribution in [0.3, 0.4) is 0 Å². The summed E-state index contributed by atoms with van der Waals surface area (Å²) in [5.41, 5.74) is 0.871. The third-order valence-electron chi connectivity index (χ3n) is 2.92. The molecule has 3 heteroatoms. The monoisotopic (exact) mass is 269 g/mol. The fourth-order valence-electron chi connectivity index (χ4n) is 1.99. The molecule has 0 aliphatic rings. The maximum absolute atomic E-state index is 6.09. The van der Waals surface area contributed by atoms with E-state index >= 15 is 0 Å². The van der Waals surface area contributed by atoms with Crippen molar-refractivity contribution in [3.05, 3.63) is 65.4 Å². The highest BCUT2D eigenvalue weighted by molar-refractivity contribution is 6.30. The first-order chi connectivity index (χ1) is 9.24. The summed E-state index contributed by atoms with van der Waals surface area (Å²) in [6, 6.07) is 17.7. The van der Waals surface area contributed by atoms with Gasteiger partial charge in [-0.1, -0.05) is 48.0 Å². The molecule has 0 N–H and O–H groups in total. The highest BCUT2D eigenvalue weighted by Crippen LogP contribution is 2.32. The standard InChI is InChI=1S/C16H12ClNO/c1-11-9-10-15(16(17)18-11)19-14-8-4-6-12-5-2-3-7-13(12)14/h2-10H,1H3. The average Bonchev–Trinajstić information content (AvgIpc) is 2.42. The van der Waals surface area contributed by atoms with Crippen LogP contribution in [0, 0.1) is 6.92 Å². The van der Waals surface area contributed by atoms with Gasteiger partial charge in [-0.05, 0) is 30.5 Å². The number of halogens is 1. The highest BCUT2D eigenvalue weighted by atomic mass is 35.5. The second kappa shape index (κ2) is 4.90. The first-order valence-electron chi connectivity index (χ1n) is 6.03. The minimum atomic E-state index is 0.382. The lowest BCUT2D eigenvalue weighted by atomic mass is 10.1. The van der Waals surface area contributed by atoms with Crippen molar-refractivity contribution in [2.75, 3.05) is 0 Å². The van der Waals surface area contributed by atoms with Crippen molar-refractivity contribution in [3.8, 4) is 11.5 Å². The number of nitrogens with zero attached hydrogens (tertiary/aromatic N) is 1. The molecule has 0 unspecified atom stereocenters. The summed E-state index contributed by atoms with van der Waals surface area (Å²) in [4.78, 5) is 4.19. The molecule has 3 rings (SSSR count). The fraction of sp³-hybridized carbons (Fsp3) is 0.0625. The van der Waals surface area contributed by atoms with Crippen LogP contribution in [0.1, 0.15) is 5.69 Å². The smallest absolute Gasteiger partial charge is 0.171 e. The summed E-state index contributed by atoms with van der Waals surface area (Å²) in [5.74, 6) is 1.36. The Morgan fingerprint density at radius 1 is 0.895 bits per heavy atom. The van der Waals surface area contributed by atoms with Gasteiger partial charge >= 0.3 is 0 Å². The van der Waals surface area contributed by atoms with E-state index in [2.05, 4.69) is 17.1 Å². The van der Waals surface area contributed by atoms with Crippen LogP contribution in [0.15, 0.2) is 54.6 Å². The van der Waals surface area contributed by atoms with Gasteiger partial charge in [0, 0.05) is 11.1 Å². The van der Waals surface area contributed by atoms with Gasteiger partial charge in [0.1, 0.15) is 5.75 Å². The zero-order chi connectivity index (χ0) is 13.2. The SMILES string of the molecule is Cc1ccc(Oc2cccc3ccccc23)c(Cl)n1. The molecule has 94 valence electrons. The Morgan fingerprint density at radius 3 is 2.53 bits per heavy atom. The molecule has 1 aromatic heterocycles. The van der Waals surface area contributed by atoms with Crippen LogP contribution in [0.25, 0.3) is 10.8 Å². The van der Waals surface area contributed by atoms with E-state index in [9.17, 15) is 0 Å². The van der Waals surface area contributed by atoms with E-state index in [0.717, 1.165) is 22.2 Å². The molecule has 0 bridgehead atoms. The molecule has 0 aliphatic carbocycles. The molecule has 19 heavy (non-hydrogen) atoms. The fourth-order valence-corrected chi connectivity index (χ4v) is 2.23. The maximum atomic E-state index is 6.09. The molecule has 3 aromatic rings. The summed E-state index contributed by atoms with van der Waals surface area (Å²) in [7, 11) is 0. The van der Waals surface area contributed by atoms with Crippen molar-refractivity contribution in [1.82, 2.24) is 4.98 Å². The molecule has 2 nitrogen and oxygen atoms in total. The molecule has 1 heterocycles. The number of aryl methyl sites for hydroxylation is 1. The van der Waals surface area contributed by atoms with Crippen LogP contribution in [0.2, 0.25) is 5.15 Å². The van der Waals surface area contributed by atoms with Gasteiger partial charge in [0.25, 0.3) is 0 Å². The Labute approximate surface area is 116 Å². The van der Waals surface area contributed by atoms with E-state index in [1.165, 1.54) is 0 Å². The predicted octanol–water partition coefficient (Wildman–Crippen LogP) is 4.99. The van der Waals surface area contributed by atoms with Crippen LogP contribution in [0.5, 0.6) is 11.5 Å². The lowest BCUT2D eigenvalue weighted by molar-refractivity contribution is 0.486. The summed E-state index contributed by atoms with van der Waals surface area (Å²) in [6.07, 6.45) is 0. The van der Waals surface area contributed by atoms with Crippen molar-refractivity contribution in [2.45, 2.75) is 6.92 Å². The van der Waals surface area contributed by atoms with Crippen molar-refractivity contribution in [3.63, 3.8) is 0 Å². The second-order valence-corrected chi connectivity index (χ2v) is 4.68. The highest BCUT2D eigenvalue weighted by Gasteiger charge is 2.07.